The van der Waals surface area contributed by atoms with Gasteiger partial charge in [-0.2, -0.15) is 0 Å². The summed E-state index contributed by atoms with van der Waals surface area (Å²) in [5.74, 6) is 0.147. The summed E-state index contributed by atoms with van der Waals surface area (Å²) in [6.07, 6.45) is 6.49. The molecule has 0 bridgehead atoms. The highest BCUT2D eigenvalue weighted by Crippen LogP contribution is 2.29. The molecule has 6 heteroatoms. The van der Waals surface area contributed by atoms with Crippen molar-refractivity contribution in [2.24, 2.45) is 5.92 Å². The van der Waals surface area contributed by atoms with Gasteiger partial charge in [0.25, 0.3) is 0 Å². The summed E-state index contributed by atoms with van der Waals surface area (Å²) in [5.41, 5.74) is 3.99. The van der Waals surface area contributed by atoms with Gasteiger partial charge in [0.2, 0.25) is 0 Å². The Bertz CT molecular complexity index is 1180. The summed E-state index contributed by atoms with van der Waals surface area (Å²) in [5, 5.41) is 3.81. The van der Waals surface area contributed by atoms with Crippen LogP contribution in [0, 0.1) is 5.92 Å². The molecule has 0 saturated carbocycles. The number of carbonyl (C=O) groups is 2. The lowest BCUT2D eigenvalue weighted by atomic mass is 10.1. The minimum absolute atomic E-state index is 0.122. The van der Waals surface area contributed by atoms with Gasteiger partial charge in [-0.25, -0.2) is 9.78 Å². The molecule has 0 unspecified atom stereocenters. The van der Waals surface area contributed by atoms with Gasteiger partial charge in [0.15, 0.2) is 5.78 Å². The van der Waals surface area contributed by atoms with Crippen molar-refractivity contribution >= 4 is 40.2 Å². The second-order valence-corrected chi connectivity index (χ2v) is 9.02. The largest absolute Gasteiger partial charge is 0.449 e. The van der Waals surface area contributed by atoms with E-state index in [2.05, 4.69) is 22.3 Å². The van der Waals surface area contributed by atoms with Crippen LogP contribution in [0.15, 0.2) is 60.7 Å². The molecular weight excluding hydrogens is 426 g/mol. The van der Waals surface area contributed by atoms with Crippen molar-refractivity contribution in [1.29, 1.82) is 0 Å². The van der Waals surface area contributed by atoms with Crippen molar-refractivity contribution in [3.63, 3.8) is 0 Å². The van der Waals surface area contributed by atoms with E-state index in [9.17, 15) is 9.59 Å². The molecule has 2 heterocycles. The fourth-order valence-corrected chi connectivity index (χ4v) is 4.03. The Hall–Kier alpha value is -3.67. The molecule has 1 aromatic heterocycles. The van der Waals surface area contributed by atoms with E-state index < -0.39 is 6.09 Å². The number of rotatable bonds is 7. The van der Waals surface area contributed by atoms with E-state index in [1.807, 2.05) is 32.0 Å². The molecule has 1 aliphatic heterocycles. The predicted octanol–water partition coefficient (Wildman–Crippen LogP) is 6.33. The average molecular weight is 458 g/mol. The van der Waals surface area contributed by atoms with Crippen LogP contribution in [0.25, 0.3) is 17.0 Å². The normalized spacial score (nSPS) is 14.0. The van der Waals surface area contributed by atoms with Gasteiger partial charge >= 0.3 is 6.09 Å². The summed E-state index contributed by atoms with van der Waals surface area (Å²) in [4.78, 5) is 31.7. The number of benzene rings is 2. The lowest BCUT2D eigenvalue weighted by Crippen LogP contribution is -2.29. The van der Waals surface area contributed by atoms with Gasteiger partial charge in [0.1, 0.15) is 0 Å². The van der Waals surface area contributed by atoms with Crippen molar-refractivity contribution < 1.29 is 14.3 Å². The maximum Gasteiger partial charge on any atom is 0.411 e. The van der Waals surface area contributed by atoms with Gasteiger partial charge in [-0.05, 0) is 73.7 Å². The van der Waals surface area contributed by atoms with Crippen LogP contribution in [0.3, 0.4) is 0 Å². The van der Waals surface area contributed by atoms with Crippen LogP contribution in [-0.4, -0.2) is 36.6 Å². The van der Waals surface area contributed by atoms with Crippen LogP contribution in [0.2, 0.25) is 0 Å². The molecule has 1 fully saturated rings. The van der Waals surface area contributed by atoms with Crippen LogP contribution in [0.1, 0.15) is 49.2 Å². The number of piperidine rings is 1. The minimum Gasteiger partial charge on any atom is -0.449 e. The number of fused-ring (bicyclic) bond motifs is 1. The Labute approximate surface area is 200 Å². The zero-order valence-corrected chi connectivity index (χ0v) is 19.8. The van der Waals surface area contributed by atoms with Crippen LogP contribution in [0.5, 0.6) is 0 Å². The van der Waals surface area contributed by atoms with Gasteiger partial charge in [0, 0.05) is 35.4 Å². The zero-order valence-electron chi connectivity index (χ0n) is 19.8. The van der Waals surface area contributed by atoms with Gasteiger partial charge in [-0.1, -0.05) is 32.0 Å². The van der Waals surface area contributed by atoms with Gasteiger partial charge in [-0.3, -0.25) is 10.1 Å². The molecule has 2 aromatic carbocycles. The van der Waals surface area contributed by atoms with E-state index in [4.69, 9.17) is 9.72 Å². The monoisotopic (exact) mass is 457 g/mol. The average Bonchev–Trinajstić information content (AvgIpc) is 2.86. The number of anilines is 2. The number of para-hydroxylation sites is 1. The second-order valence-electron chi connectivity index (χ2n) is 9.02. The van der Waals surface area contributed by atoms with E-state index in [-0.39, 0.29) is 11.7 Å². The summed E-state index contributed by atoms with van der Waals surface area (Å²) in [6.45, 7) is 6.39. The Balaban J connectivity index is 1.47. The Morgan fingerprint density at radius 3 is 2.53 bits per heavy atom. The Morgan fingerprint density at radius 2 is 1.79 bits per heavy atom. The van der Waals surface area contributed by atoms with Gasteiger partial charge < -0.3 is 9.64 Å². The first-order valence-corrected chi connectivity index (χ1v) is 11.9. The molecule has 0 radical (unpaired) electrons. The number of aromatic nitrogens is 1. The van der Waals surface area contributed by atoms with E-state index >= 15 is 0 Å². The zero-order chi connectivity index (χ0) is 23.9. The molecule has 0 atom stereocenters. The number of hydrogen-bond donors (Lipinski definition) is 1. The lowest BCUT2D eigenvalue weighted by Gasteiger charge is -2.30. The molecule has 0 spiro atoms. The fraction of sp³-hybridized carbons (Fsp3) is 0.321. The third kappa shape index (κ3) is 6.01. The first-order valence-electron chi connectivity index (χ1n) is 11.9. The van der Waals surface area contributed by atoms with Crippen LogP contribution < -0.4 is 10.2 Å². The minimum atomic E-state index is -0.500. The fourth-order valence-electron chi connectivity index (χ4n) is 4.03. The lowest BCUT2D eigenvalue weighted by molar-refractivity contribution is 0.104. The van der Waals surface area contributed by atoms with Gasteiger partial charge in [0.05, 0.1) is 17.8 Å². The van der Waals surface area contributed by atoms with Crippen molar-refractivity contribution in [2.75, 3.05) is 29.9 Å². The molecule has 0 aliphatic carbocycles. The SMILES string of the molecule is CC(C)COC(=O)Nc1ccc(C(=O)C=Cc2cc(N3CCCCC3)c3ccccc3n2)cc1. The third-order valence-electron chi connectivity index (χ3n) is 5.78. The summed E-state index contributed by atoms with van der Waals surface area (Å²) >= 11 is 0. The number of ether oxygens (including phenoxy) is 1. The number of ketones is 1. The molecule has 3 aromatic rings. The van der Waals surface area contributed by atoms with E-state index in [1.54, 1.807) is 36.4 Å². The van der Waals surface area contributed by atoms with E-state index in [1.165, 1.54) is 24.9 Å². The predicted molar refractivity (Wildman–Crippen MR) is 137 cm³/mol. The Morgan fingerprint density at radius 1 is 1.06 bits per heavy atom. The first-order chi connectivity index (χ1) is 16.5. The topological polar surface area (TPSA) is 71.5 Å². The van der Waals surface area contributed by atoms with Crippen LogP contribution in [0.4, 0.5) is 16.2 Å². The molecule has 1 N–H and O–H groups in total. The number of amides is 1. The van der Waals surface area contributed by atoms with E-state index in [0.29, 0.717) is 17.9 Å². The molecular formula is C28H31N3O3. The molecule has 1 amide bonds. The summed E-state index contributed by atoms with van der Waals surface area (Å²) in [6, 6.07) is 17.0. The molecule has 6 nitrogen and oxygen atoms in total. The number of nitrogens with one attached hydrogen (secondary N) is 1. The summed E-state index contributed by atoms with van der Waals surface area (Å²) < 4.78 is 5.12. The molecule has 34 heavy (non-hydrogen) atoms. The molecule has 4 rings (SSSR count). The Kier molecular flexibility index (Phi) is 7.58. The highest BCUT2D eigenvalue weighted by atomic mass is 16.5. The van der Waals surface area contributed by atoms with Gasteiger partial charge in [-0.15, -0.1) is 0 Å². The van der Waals surface area contributed by atoms with Crippen molar-refractivity contribution in [3.05, 3.63) is 71.9 Å². The number of allylic oxidation sites excluding steroid dienone is 1. The molecule has 1 aliphatic rings. The van der Waals surface area contributed by atoms with Crippen molar-refractivity contribution in [1.82, 2.24) is 4.98 Å². The standard InChI is InChI=1S/C28H31N3O3/c1-20(2)19-34-28(33)30-22-12-10-21(11-13-22)27(32)15-14-23-18-26(31-16-6-3-7-17-31)24-8-4-5-9-25(24)29-23/h4-5,8-15,18,20H,3,6-7,16-17,19H2,1-2H3,(H,30,33). The molecule has 1 saturated heterocycles. The van der Waals surface area contributed by atoms with E-state index in [0.717, 1.165) is 29.7 Å². The van der Waals surface area contributed by atoms with Crippen molar-refractivity contribution in [3.8, 4) is 0 Å². The molecule has 176 valence electrons. The number of hydrogen-bond acceptors (Lipinski definition) is 5. The van der Waals surface area contributed by atoms with Crippen LogP contribution in [-0.2, 0) is 4.74 Å². The second kappa shape index (κ2) is 11.0. The first kappa shape index (κ1) is 23.5. The van der Waals surface area contributed by atoms with Crippen molar-refractivity contribution in [2.45, 2.75) is 33.1 Å². The number of nitrogens with zero attached hydrogens (tertiary/aromatic N) is 2. The van der Waals surface area contributed by atoms with Crippen LogP contribution >= 0.6 is 0 Å². The summed E-state index contributed by atoms with van der Waals surface area (Å²) in [7, 11) is 0. The highest BCUT2D eigenvalue weighted by Gasteiger charge is 2.15. The number of pyridine rings is 1. The maximum atomic E-state index is 12.7. The highest BCUT2D eigenvalue weighted by molar-refractivity contribution is 6.07. The quantitative estimate of drug-likeness (QED) is 0.332. The maximum absolute atomic E-state index is 12.7. The number of carbonyl (C=O) groups excluding carboxylic acids is 2. The third-order valence-corrected chi connectivity index (χ3v) is 5.78. The smallest absolute Gasteiger partial charge is 0.411 e.